The van der Waals surface area contributed by atoms with E-state index in [1.54, 1.807) is 17.8 Å². The van der Waals surface area contributed by atoms with E-state index in [4.69, 9.17) is 17.3 Å². The minimum Gasteiger partial charge on any atom is -0.325 e. The largest absolute Gasteiger partial charge is 0.325 e. The normalized spacial score (nSPS) is 11.8. The van der Waals surface area contributed by atoms with Crippen molar-refractivity contribution in [1.29, 1.82) is 0 Å². The predicted molar refractivity (Wildman–Crippen MR) is 66.2 cm³/mol. The van der Waals surface area contributed by atoms with Crippen molar-refractivity contribution in [2.75, 3.05) is 5.75 Å². The summed E-state index contributed by atoms with van der Waals surface area (Å²) >= 11 is 7.56. The van der Waals surface area contributed by atoms with Crippen molar-refractivity contribution in [2.45, 2.75) is 32.1 Å². The minimum absolute atomic E-state index is 0.154. The zero-order valence-corrected chi connectivity index (χ0v) is 10.8. The summed E-state index contributed by atoms with van der Waals surface area (Å²) in [7, 11) is 0. The van der Waals surface area contributed by atoms with Crippen LogP contribution in [0, 0.1) is 6.92 Å². The average Bonchev–Trinajstić information content (AvgIpc) is 1.99. The van der Waals surface area contributed by atoms with Crippen LogP contribution in [-0.4, -0.2) is 21.3 Å². The van der Waals surface area contributed by atoms with E-state index in [9.17, 15) is 0 Å². The van der Waals surface area contributed by atoms with Gasteiger partial charge >= 0.3 is 0 Å². The molecular formula is C10H16ClN3S. The van der Waals surface area contributed by atoms with Gasteiger partial charge in [-0.05, 0) is 26.8 Å². The third-order valence-electron chi connectivity index (χ3n) is 1.57. The van der Waals surface area contributed by atoms with Gasteiger partial charge in [-0.1, -0.05) is 11.6 Å². The molecule has 1 rings (SSSR count). The van der Waals surface area contributed by atoms with Gasteiger partial charge in [0.05, 0.1) is 5.75 Å². The minimum atomic E-state index is -0.154. The lowest BCUT2D eigenvalue weighted by Crippen LogP contribution is -2.34. The number of rotatable bonds is 4. The highest BCUT2D eigenvalue weighted by molar-refractivity contribution is 7.98. The Balaban J connectivity index is 2.51. The molecule has 0 aliphatic heterocycles. The molecule has 1 heterocycles. The van der Waals surface area contributed by atoms with Gasteiger partial charge in [-0.2, -0.15) is 11.8 Å². The first-order valence-corrected chi connectivity index (χ1v) is 6.27. The molecule has 0 radical (unpaired) electrons. The summed E-state index contributed by atoms with van der Waals surface area (Å²) in [6.45, 7) is 5.92. The van der Waals surface area contributed by atoms with Crippen LogP contribution in [0.25, 0.3) is 0 Å². The molecule has 0 atom stereocenters. The smallest absolute Gasteiger partial charge is 0.140 e. The molecule has 15 heavy (non-hydrogen) atoms. The first-order valence-electron chi connectivity index (χ1n) is 4.73. The van der Waals surface area contributed by atoms with Gasteiger partial charge in [0, 0.05) is 17.0 Å². The van der Waals surface area contributed by atoms with Crippen molar-refractivity contribution in [1.82, 2.24) is 9.97 Å². The fraction of sp³-hybridized carbons (Fsp3) is 0.600. The fourth-order valence-electron chi connectivity index (χ4n) is 1.06. The summed E-state index contributed by atoms with van der Waals surface area (Å²) in [5, 5.41) is 0.505. The Labute approximate surface area is 99.8 Å². The van der Waals surface area contributed by atoms with Gasteiger partial charge in [0.1, 0.15) is 11.0 Å². The highest BCUT2D eigenvalue weighted by Crippen LogP contribution is 2.15. The van der Waals surface area contributed by atoms with Gasteiger partial charge in [-0.15, -0.1) is 0 Å². The zero-order valence-electron chi connectivity index (χ0n) is 9.25. The second-order valence-electron chi connectivity index (χ2n) is 4.23. The van der Waals surface area contributed by atoms with E-state index in [2.05, 4.69) is 9.97 Å². The monoisotopic (exact) mass is 245 g/mol. The summed E-state index contributed by atoms with van der Waals surface area (Å²) in [6.07, 6.45) is 0. The molecule has 5 heteroatoms. The molecule has 84 valence electrons. The van der Waals surface area contributed by atoms with Gasteiger partial charge < -0.3 is 5.73 Å². The topological polar surface area (TPSA) is 51.8 Å². The van der Waals surface area contributed by atoms with Crippen molar-refractivity contribution >= 4 is 23.4 Å². The molecule has 0 unspecified atom stereocenters. The van der Waals surface area contributed by atoms with Crippen molar-refractivity contribution < 1.29 is 0 Å². The molecule has 1 aromatic heterocycles. The summed E-state index contributed by atoms with van der Waals surface area (Å²) in [4.78, 5) is 8.44. The fourth-order valence-corrected chi connectivity index (χ4v) is 2.25. The molecule has 0 fully saturated rings. The Morgan fingerprint density at radius 1 is 1.47 bits per heavy atom. The van der Waals surface area contributed by atoms with E-state index in [-0.39, 0.29) is 5.54 Å². The van der Waals surface area contributed by atoms with E-state index in [0.29, 0.717) is 5.15 Å². The van der Waals surface area contributed by atoms with E-state index < -0.39 is 0 Å². The predicted octanol–water partition coefficient (Wildman–Crippen LogP) is 2.41. The third-order valence-corrected chi connectivity index (χ3v) is 3.18. The maximum Gasteiger partial charge on any atom is 0.140 e. The average molecular weight is 246 g/mol. The number of halogens is 1. The van der Waals surface area contributed by atoms with Crippen LogP contribution >= 0.6 is 23.4 Å². The third kappa shape index (κ3) is 5.35. The highest BCUT2D eigenvalue weighted by atomic mass is 35.5. The Hall–Kier alpha value is -0.320. The maximum absolute atomic E-state index is 5.87. The Bertz CT molecular complexity index is 316. The molecule has 1 aromatic rings. The van der Waals surface area contributed by atoms with E-state index in [1.165, 1.54) is 0 Å². The van der Waals surface area contributed by atoms with Crippen molar-refractivity contribution in [3.63, 3.8) is 0 Å². The SMILES string of the molecule is Cc1cc(Cl)nc(CSCC(C)(C)N)n1. The number of hydrogen-bond donors (Lipinski definition) is 1. The van der Waals surface area contributed by atoms with Gasteiger partial charge in [0.15, 0.2) is 0 Å². The van der Waals surface area contributed by atoms with Crippen LogP contribution in [0.1, 0.15) is 25.4 Å². The second-order valence-corrected chi connectivity index (χ2v) is 5.60. The summed E-state index contributed by atoms with van der Waals surface area (Å²) < 4.78 is 0. The quantitative estimate of drug-likeness (QED) is 0.828. The lowest BCUT2D eigenvalue weighted by Gasteiger charge is -2.17. The van der Waals surface area contributed by atoms with Crippen LogP contribution in [0.15, 0.2) is 6.07 Å². The first kappa shape index (κ1) is 12.7. The molecule has 0 saturated heterocycles. The van der Waals surface area contributed by atoms with E-state index in [0.717, 1.165) is 23.0 Å². The number of aryl methyl sites for hydroxylation is 1. The number of thioether (sulfide) groups is 1. The molecule has 0 bridgehead atoms. The van der Waals surface area contributed by atoms with Gasteiger partial charge in [-0.3, -0.25) is 0 Å². The lowest BCUT2D eigenvalue weighted by molar-refractivity contribution is 0.591. The zero-order chi connectivity index (χ0) is 11.5. The number of hydrogen-bond acceptors (Lipinski definition) is 4. The number of aromatic nitrogens is 2. The molecule has 3 nitrogen and oxygen atoms in total. The van der Waals surface area contributed by atoms with Crippen LogP contribution in [0.5, 0.6) is 0 Å². The van der Waals surface area contributed by atoms with Crippen LogP contribution in [-0.2, 0) is 5.75 Å². The van der Waals surface area contributed by atoms with E-state index >= 15 is 0 Å². The van der Waals surface area contributed by atoms with Crippen molar-refractivity contribution in [3.05, 3.63) is 22.7 Å². The molecule has 0 aromatic carbocycles. The van der Waals surface area contributed by atoms with Crippen LogP contribution in [0.3, 0.4) is 0 Å². The van der Waals surface area contributed by atoms with Gasteiger partial charge in [0.2, 0.25) is 0 Å². The van der Waals surface area contributed by atoms with Crippen molar-refractivity contribution in [2.24, 2.45) is 5.73 Å². The molecular weight excluding hydrogens is 230 g/mol. The van der Waals surface area contributed by atoms with Crippen LogP contribution in [0.2, 0.25) is 5.15 Å². The Kier molecular flexibility index (Phi) is 4.37. The highest BCUT2D eigenvalue weighted by Gasteiger charge is 2.11. The molecule has 0 spiro atoms. The van der Waals surface area contributed by atoms with Crippen LogP contribution in [0.4, 0.5) is 0 Å². The van der Waals surface area contributed by atoms with E-state index in [1.807, 2.05) is 20.8 Å². The molecule has 2 N–H and O–H groups in total. The number of nitrogens with two attached hydrogens (primary N) is 1. The van der Waals surface area contributed by atoms with Crippen LogP contribution < -0.4 is 5.73 Å². The number of nitrogens with zero attached hydrogens (tertiary/aromatic N) is 2. The van der Waals surface area contributed by atoms with Crippen molar-refractivity contribution in [3.8, 4) is 0 Å². The standard InChI is InChI=1S/C10H16ClN3S/c1-7-4-8(11)14-9(13-7)5-15-6-10(2,3)12/h4H,5-6,12H2,1-3H3. The molecule has 0 aliphatic rings. The Morgan fingerprint density at radius 2 is 2.13 bits per heavy atom. The second kappa shape index (κ2) is 5.14. The summed E-state index contributed by atoms with van der Waals surface area (Å²) in [6, 6.07) is 1.75. The lowest BCUT2D eigenvalue weighted by atomic mass is 10.1. The summed E-state index contributed by atoms with van der Waals surface area (Å²) in [5.41, 5.74) is 6.62. The maximum atomic E-state index is 5.87. The molecule has 0 saturated carbocycles. The summed E-state index contributed by atoms with van der Waals surface area (Å²) in [5.74, 6) is 2.40. The van der Waals surface area contributed by atoms with Gasteiger partial charge in [-0.25, -0.2) is 9.97 Å². The molecule has 0 aliphatic carbocycles. The van der Waals surface area contributed by atoms with Gasteiger partial charge in [0.25, 0.3) is 0 Å². The first-order chi connectivity index (χ1) is 6.87. The molecule has 0 amide bonds. The Morgan fingerprint density at radius 3 is 2.67 bits per heavy atom.